The summed E-state index contributed by atoms with van der Waals surface area (Å²) in [5, 5.41) is 8.22. The molecule has 0 heterocycles. The van der Waals surface area contributed by atoms with Crippen molar-refractivity contribution >= 4 is 10.0 Å². The molecular formula is C12H20N2O2S. The third-order valence-electron chi connectivity index (χ3n) is 2.71. The third kappa shape index (κ3) is 5.30. The Bertz CT molecular complexity index is 457. The second kappa shape index (κ2) is 6.14. The molecule has 0 saturated carbocycles. The van der Waals surface area contributed by atoms with Crippen LogP contribution in [0.1, 0.15) is 30.5 Å². The van der Waals surface area contributed by atoms with Gasteiger partial charge in [-0.2, -0.15) is 0 Å². The normalized spacial score (nSPS) is 13.6. The molecule has 0 aliphatic rings. The van der Waals surface area contributed by atoms with E-state index in [0.29, 0.717) is 13.0 Å². The molecule has 0 bridgehead atoms. The first kappa shape index (κ1) is 14.2. The second-order valence-electron chi connectivity index (χ2n) is 4.25. The Balaban J connectivity index is 2.41. The van der Waals surface area contributed by atoms with E-state index in [4.69, 9.17) is 5.14 Å². The van der Waals surface area contributed by atoms with Gasteiger partial charge in [-0.05, 0) is 37.9 Å². The monoisotopic (exact) mass is 256 g/mol. The molecule has 1 unspecified atom stereocenters. The fourth-order valence-electron chi connectivity index (χ4n) is 1.77. The molecule has 17 heavy (non-hydrogen) atoms. The van der Waals surface area contributed by atoms with Crippen LogP contribution in [0.15, 0.2) is 24.3 Å². The molecule has 3 N–H and O–H groups in total. The van der Waals surface area contributed by atoms with E-state index in [-0.39, 0.29) is 11.8 Å². The highest BCUT2D eigenvalue weighted by atomic mass is 32.2. The van der Waals surface area contributed by atoms with Crippen LogP contribution >= 0.6 is 0 Å². The van der Waals surface area contributed by atoms with Crippen LogP contribution < -0.4 is 10.5 Å². The van der Waals surface area contributed by atoms with Crippen LogP contribution in [0.4, 0.5) is 0 Å². The average molecular weight is 256 g/mol. The fourth-order valence-corrected chi connectivity index (χ4v) is 2.32. The van der Waals surface area contributed by atoms with Gasteiger partial charge in [0, 0.05) is 6.04 Å². The Morgan fingerprint density at radius 1 is 1.35 bits per heavy atom. The van der Waals surface area contributed by atoms with Crippen LogP contribution in [-0.4, -0.2) is 20.7 Å². The van der Waals surface area contributed by atoms with E-state index in [1.807, 2.05) is 12.1 Å². The van der Waals surface area contributed by atoms with Crippen molar-refractivity contribution in [1.29, 1.82) is 0 Å². The highest BCUT2D eigenvalue weighted by molar-refractivity contribution is 7.89. The zero-order valence-electron chi connectivity index (χ0n) is 10.3. The summed E-state index contributed by atoms with van der Waals surface area (Å²) in [6.45, 7) is 4.78. The van der Waals surface area contributed by atoms with Crippen LogP contribution in [0.3, 0.4) is 0 Å². The Morgan fingerprint density at radius 3 is 2.59 bits per heavy atom. The van der Waals surface area contributed by atoms with Crippen molar-refractivity contribution in [3.05, 3.63) is 35.4 Å². The van der Waals surface area contributed by atoms with E-state index in [0.717, 1.165) is 0 Å². The maximum Gasteiger partial charge on any atom is 0.209 e. The first-order valence-corrected chi connectivity index (χ1v) is 7.41. The molecule has 0 amide bonds. The molecular weight excluding hydrogens is 236 g/mol. The molecule has 0 radical (unpaired) electrons. The smallest absolute Gasteiger partial charge is 0.209 e. The largest absolute Gasteiger partial charge is 0.310 e. The zero-order valence-corrected chi connectivity index (χ0v) is 11.1. The number of nitrogens with one attached hydrogen (secondary N) is 1. The Hall–Kier alpha value is -0.910. The van der Waals surface area contributed by atoms with E-state index in [9.17, 15) is 8.42 Å². The van der Waals surface area contributed by atoms with E-state index < -0.39 is 10.0 Å². The lowest BCUT2D eigenvalue weighted by Crippen LogP contribution is -2.24. The minimum absolute atomic E-state index is 0.0283. The minimum atomic E-state index is -3.33. The summed E-state index contributed by atoms with van der Waals surface area (Å²) in [5.41, 5.74) is 2.47. The lowest BCUT2D eigenvalue weighted by molar-refractivity contribution is 0.559. The summed E-state index contributed by atoms with van der Waals surface area (Å²) >= 11 is 0. The summed E-state index contributed by atoms with van der Waals surface area (Å²) in [5.74, 6) is 0.0283. The van der Waals surface area contributed by atoms with Crippen molar-refractivity contribution in [2.45, 2.75) is 26.3 Å². The maximum atomic E-state index is 10.8. The summed E-state index contributed by atoms with van der Waals surface area (Å²) in [6, 6.07) is 8.37. The van der Waals surface area contributed by atoms with E-state index in [2.05, 4.69) is 31.3 Å². The predicted molar refractivity (Wildman–Crippen MR) is 70.2 cm³/mol. The van der Waals surface area contributed by atoms with Gasteiger partial charge in [0.15, 0.2) is 0 Å². The van der Waals surface area contributed by atoms with Crippen LogP contribution in [-0.2, 0) is 10.0 Å². The maximum absolute atomic E-state index is 10.8. The van der Waals surface area contributed by atoms with E-state index in [1.54, 1.807) is 0 Å². The van der Waals surface area contributed by atoms with Crippen molar-refractivity contribution in [3.63, 3.8) is 0 Å². The van der Waals surface area contributed by atoms with Gasteiger partial charge < -0.3 is 5.32 Å². The van der Waals surface area contributed by atoms with Crippen molar-refractivity contribution in [1.82, 2.24) is 5.32 Å². The molecule has 0 aromatic heterocycles. The number of hydrogen-bond donors (Lipinski definition) is 2. The quantitative estimate of drug-likeness (QED) is 0.754. The zero-order chi connectivity index (χ0) is 12.9. The van der Waals surface area contributed by atoms with Crippen molar-refractivity contribution in [2.24, 2.45) is 5.14 Å². The summed E-state index contributed by atoms with van der Waals surface area (Å²) < 4.78 is 21.5. The first-order chi connectivity index (χ1) is 7.90. The van der Waals surface area contributed by atoms with Crippen LogP contribution in [0.25, 0.3) is 0 Å². The molecule has 0 saturated heterocycles. The van der Waals surface area contributed by atoms with Gasteiger partial charge in [0.2, 0.25) is 10.0 Å². The molecule has 1 atom stereocenters. The number of hydrogen-bond acceptors (Lipinski definition) is 3. The Morgan fingerprint density at radius 2 is 2.00 bits per heavy atom. The molecule has 1 rings (SSSR count). The lowest BCUT2D eigenvalue weighted by Gasteiger charge is -2.16. The Labute approximate surface area is 103 Å². The van der Waals surface area contributed by atoms with Crippen LogP contribution in [0, 0.1) is 6.92 Å². The van der Waals surface area contributed by atoms with Gasteiger partial charge in [0.05, 0.1) is 5.75 Å². The Kier molecular flexibility index (Phi) is 5.11. The molecule has 1 aromatic rings. The van der Waals surface area contributed by atoms with Gasteiger partial charge in [0.25, 0.3) is 0 Å². The predicted octanol–water partition coefficient (Wildman–Crippen LogP) is 1.32. The molecule has 0 fully saturated rings. The topological polar surface area (TPSA) is 72.2 Å². The first-order valence-electron chi connectivity index (χ1n) is 5.69. The number of rotatable bonds is 6. The van der Waals surface area contributed by atoms with E-state index in [1.165, 1.54) is 11.1 Å². The highest BCUT2D eigenvalue weighted by Gasteiger charge is 2.07. The molecule has 0 aliphatic heterocycles. The summed E-state index contributed by atoms with van der Waals surface area (Å²) in [4.78, 5) is 0. The number of sulfonamides is 1. The molecule has 96 valence electrons. The number of aryl methyl sites for hydroxylation is 1. The molecule has 1 aromatic carbocycles. The number of primary sulfonamides is 1. The molecule has 0 spiro atoms. The molecule has 4 nitrogen and oxygen atoms in total. The van der Waals surface area contributed by atoms with Gasteiger partial charge >= 0.3 is 0 Å². The van der Waals surface area contributed by atoms with Gasteiger partial charge in [0.1, 0.15) is 0 Å². The standard InChI is InChI=1S/C12H20N2O2S/c1-10-6-3-4-7-12(10)11(2)14-8-5-9-17(13,15)16/h3-4,6-7,11,14H,5,8-9H2,1-2H3,(H2,13,15,16). The van der Waals surface area contributed by atoms with Crippen molar-refractivity contribution in [3.8, 4) is 0 Å². The lowest BCUT2D eigenvalue weighted by atomic mass is 10.0. The van der Waals surface area contributed by atoms with Crippen molar-refractivity contribution in [2.75, 3.05) is 12.3 Å². The summed E-state index contributed by atoms with van der Waals surface area (Å²) in [6.07, 6.45) is 0.537. The number of benzene rings is 1. The summed E-state index contributed by atoms with van der Waals surface area (Å²) in [7, 11) is -3.33. The second-order valence-corrected chi connectivity index (χ2v) is 5.99. The van der Waals surface area contributed by atoms with Gasteiger partial charge in [-0.25, -0.2) is 13.6 Å². The highest BCUT2D eigenvalue weighted by Crippen LogP contribution is 2.16. The SMILES string of the molecule is Cc1ccccc1C(C)NCCCS(N)(=O)=O. The van der Waals surface area contributed by atoms with E-state index >= 15 is 0 Å². The molecule has 0 aliphatic carbocycles. The van der Waals surface area contributed by atoms with Gasteiger partial charge in [-0.15, -0.1) is 0 Å². The molecule has 5 heteroatoms. The van der Waals surface area contributed by atoms with Gasteiger partial charge in [-0.3, -0.25) is 0 Å². The fraction of sp³-hybridized carbons (Fsp3) is 0.500. The van der Waals surface area contributed by atoms with Crippen LogP contribution in [0.2, 0.25) is 0 Å². The number of nitrogens with two attached hydrogens (primary N) is 1. The minimum Gasteiger partial charge on any atom is -0.310 e. The van der Waals surface area contributed by atoms with Gasteiger partial charge in [-0.1, -0.05) is 24.3 Å². The average Bonchev–Trinajstić information content (AvgIpc) is 2.23. The van der Waals surface area contributed by atoms with Crippen LogP contribution in [0.5, 0.6) is 0 Å². The van der Waals surface area contributed by atoms with Crippen molar-refractivity contribution < 1.29 is 8.42 Å². The third-order valence-corrected chi connectivity index (χ3v) is 3.57.